The van der Waals surface area contributed by atoms with Crippen molar-refractivity contribution in [2.24, 2.45) is 0 Å². The summed E-state index contributed by atoms with van der Waals surface area (Å²) in [6.45, 7) is 4.02. The van der Waals surface area contributed by atoms with Gasteiger partial charge >= 0.3 is 5.97 Å². The molecule has 1 heterocycles. The summed E-state index contributed by atoms with van der Waals surface area (Å²) in [6, 6.07) is 3.80. The molecule has 0 saturated heterocycles. The zero-order chi connectivity index (χ0) is 10.3. The number of rotatable bonds is 1. The minimum absolute atomic E-state index is 0.484. The van der Waals surface area contributed by atoms with Crippen molar-refractivity contribution < 1.29 is 14.6 Å². The van der Waals surface area contributed by atoms with Crippen LogP contribution >= 0.6 is 0 Å². The molecule has 14 heavy (non-hydrogen) atoms. The standard InChI is InChI=1S/C11H12O3/c1-6-3-4-9-8(7(6)2)5-10(14-9)11(12)13/h3-4,10H,5H2,1-2H3,(H,12,13). The molecule has 1 atom stereocenters. The van der Waals surface area contributed by atoms with E-state index in [2.05, 4.69) is 0 Å². The van der Waals surface area contributed by atoms with Crippen molar-refractivity contribution in [1.82, 2.24) is 0 Å². The summed E-state index contributed by atoms with van der Waals surface area (Å²) in [4.78, 5) is 10.7. The van der Waals surface area contributed by atoms with E-state index in [1.54, 1.807) is 0 Å². The van der Waals surface area contributed by atoms with Crippen molar-refractivity contribution in [2.45, 2.75) is 26.4 Å². The summed E-state index contributed by atoms with van der Waals surface area (Å²) in [5, 5.41) is 8.82. The second-order valence-corrected chi connectivity index (χ2v) is 3.63. The number of fused-ring (bicyclic) bond motifs is 1. The van der Waals surface area contributed by atoms with Gasteiger partial charge in [-0.3, -0.25) is 0 Å². The molecule has 1 aliphatic heterocycles. The molecule has 74 valence electrons. The number of carboxylic acid groups (broad SMARTS) is 1. The van der Waals surface area contributed by atoms with E-state index in [1.165, 1.54) is 5.56 Å². The van der Waals surface area contributed by atoms with Crippen molar-refractivity contribution in [1.29, 1.82) is 0 Å². The Morgan fingerprint density at radius 1 is 1.50 bits per heavy atom. The van der Waals surface area contributed by atoms with Gasteiger partial charge in [-0.15, -0.1) is 0 Å². The fraction of sp³-hybridized carbons (Fsp3) is 0.364. The zero-order valence-corrected chi connectivity index (χ0v) is 8.20. The van der Waals surface area contributed by atoms with Crippen LogP contribution in [0.2, 0.25) is 0 Å². The third-order valence-corrected chi connectivity index (χ3v) is 2.76. The smallest absolute Gasteiger partial charge is 0.345 e. The highest BCUT2D eigenvalue weighted by Gasteiger charge is 2.29. The van der Waals surface area contributed by atoms with Gasteiger partial charge in [0.15, 0.2) is 6.10 Å². The molecule has 1 aromatic rings. The van der Waals surface area contributed by atoms with Crippen LogP contribution < -0.4 is 4.74 Å². The van der Waals surface area contributed by atoms with Crippen molar-refractivity contribution in [3.05, 3.63) is 28.8 Å². The van der Waals surface area contributed by atoms with Crippen molar-refractivity contribution in [3.8, 4) is 5.75 Å². The summed E-state index contributed by atoms with van der Waals surface area (Å²) in [7, 11) is 0. The fourth-order valence-corrected chi connectivity index (χ4v) is 1.73. The van der Waals surface area contributed by atoms with E-state index in [1.807, 2.05) is 26.0 Å². The van der Waals surface area contributed by atoms with Gasteiger partial charge in [-0.1, -0.05) is 6.07 Å². The van der Waals surface area contributed by atoms with E-state index in [4.69, 9.17) is 9.84 Å². The Bertz CT molecular complexity index is 396. The Morgan fingerprint density at radius 3 is 2.86 bits per heavy atom. The number of aliphatic carboxylic acids is 1. The lowest BCUT2D eigenvalue weighted by Crippen LogP contribution is -2.24. The molecule has 0 radical (unpaired) electrons. The van der Waals surface area contributed by atoms with Gasteiger partial charge in [-0.05, 0) is 31.0 Å². The number of hydrogen-bond acceptors (Lipinski definition) is 2. The first-order valence-corrected chi connectivity index (χ1v) is 4.58. The van der Waals surface area contributed by atoms with Crippen LogP contribution in [0.15, 0.2) is 12.1 Å². The topological polar surface area (TPSA) is 46.5 Å². The largest absolute Gasteiger partial charge is 0.478 e. The third-order valence-electron chi connectivity index (χ3n) is 2.76. The number of carboxylic acids is 1. The van der Waals surface area contributed by atoms with Crippen LogP contribution in [0.3, 0.4) is 0 Å². The molecule has 1 N–H and O–H groups in total. The molecule has 0 aromatic heterocycles. The van der Waals surface area contributed by atoms with Gasteiger partial charge in [-0.25, -0.2) is 4.79 Å². The van der Waals surface area contributed by atoms with E-state index in [-0.39, 0.29) is 0 Å². The van der Waals surface area contributed by atoms with Crippen LogP contribution in [-0.4, -0.2) is 17.2 Å². The Hall–Kier alpha value is -1.51. The van der Waals surface area contributed by atoms with Crippen molar-refractivity contribution >= 4 is 5.97 Å². The fourth-order valence-electron chi connectivity index (χ4n) is 1.73. The van der Waals surface area contributed by atoms with Crippen LogP contribution in [-0.2, 0) is 11.2 Å². The van der Waals surface area contributed by atoms with Crippen molar-refractivity contribution in [2.75, 3.05) is 0 Å². The molecule has 1 aromatic carbocycles. The summed E-state index contributed by atoms with van der Waals surface area (Å²) < 4.78 is 5.30. The highest BCUT2D eigenvalue weighted by molar-refractivity contribution is 5.75. The molecule has 0 fully saturated rings. The number of ether oxygens (including phenoxy) is 1. The second-order valence-electron chi connectivity index (χ2n) is 3.63. The lowest BCUT2D eigenvalue weighted by atomic mass is 10.00. The van der Waals surface area contributed by atoms with Gasteiger partial charge in [0.2, 0.25) is 0 Å². The third kappa shape index (κ3) is 1.25. The first-order chi connectivity index (χ1) is 6.59. The Labute approximate surface area is 82.3 Å². The van der Waals surface area contributed by atoms with Gasteiger partial charge in [0.05, 0.1) is 0 Å². The SMILES string of the molecule is Cc1ccc2c(c1C)CC(C(=O)O)O2. The number of hydrogen-bond donors (Lipinski definition) is 1. The maximum Gasteiger partial charge on any atom is 0.345 e. The Morgan fingerprint density at radius 2 is 2.21 bits per heavy atom. The molecule has 0 amide bonds. The summed E-state index contributed by atoms with van der Waals surface area (Å²) >= 11 is 0. The quantitative estimate of drug-likeness (QED) is 0.736. The first-order valence-electron chi connectivity index (χ1n) is 4.58. The summed E-state index contributed by atoms with van der Waals surface area (Å²) in [5.74, 6) is -0.168. The van der Waals surface area contributed by atoms with Gasteiger partial charge in [0.25, 0.3) is 0 Å². The number of aryl methyl sites for hydroxylation is 1. The summed E-state index contributed by atoms with van der Waals surface area (Å²) in [5.41, 5.74) is 3.36. The molecular formula is C11H12O3. The van der Waals surface area contributed by atoms with E-state index < -0.39 is 12.1 Å². The van der Waals surface area contributed by atoms with Gasteiger partial charge in [0, 0.05) is 12.0 Å². The van der Waals surface area contributed by atoms with Crippen molar-refractivity contribution in [3.63, 3.8) is 0 Å². The van der Waals surface area contributed by atoms with Crippen LogP contribution in [0.1, 0.15) is 16.7 Å². The second kappa shape index (κ2) is 3.01. The van der Waals surface area contributed by atoms with E-state index in [0.29, 0.717) is 6.42 Å². The summed E-state index contributed by atoms with van der Waals surface area (Å²) in [6.07, 6.45) is -0.219. The van der Waals surface area contributed by atoms with Crippen LogP contribution in [0.5, 0.6) is 5.75 Å². The average molecular weight is 192 g/mol. The number of benzene rings is 1. The van der Waals surface area contributed by atoms with Crippen LogP contribution in [0, 0.1) is 13.8 Å². The lowest BCUT2D eigenvalue weighted by molar-refractivity contribution is -0.144. The normalized spacial score (nSPS) is 18.9. The molecular weight excluding hydrogens is 180 g/mol. The van der Waals surface area contributed by atoms with E-state index in [0.717, 1.165) is 16.9 Å². The van der Waals surface area contributed by atoms with E-state index in [9.17, 15) is 4.79 Å². The number of carbonyl (C=O) groups is 1. The average Bonchev–Trinajstić information content (AvgIpc) is 2.56. The molecule has 3 nitrogen and oxygen atoms in total. The Kier molecular flexibility index (Phi) is 1.95. The molecule has 1 aliphatic rings. The maximum atomic E-state index is 10.7. The molecule has 2 rings (SSSR count). The van der Waals surface area contributed by atoms with Gasteiger partial charge in [0.1, 0.15) is 5.75 Å². The van der Waals surface area contributed by atoms with Crippen LogP contribution in [0.4, 0.5) is 0 Å². The molecule has 1 unspecified atom stereocenters. The first kappa shape index (κ1) is 9.06. The maximum absolute atomic E-state index is 10.7. The minimum Gasteiger partial charge on any atom is -0.478 e. The highest BCUT2D eigenvalue weighted by atomic mass is 16.5. The molecule has 0 saturated carbocycles. The minimum atomic E-state index is -0.891. The predicted octanol–water partition coefficient (Wildman–Crippen LogP) is 1.69. The monoisotopic (exact) mass is 192 g/mol. The molecule has 0 bridgehead atoms. The molecule has 0 aliphatic carbocycles. The van der Waals surface area contributed by atoms with Gasteiger partial charge in [-0.2, -0.15) is 0 Å². The molecule has 0 spiro atoms. The predicted molar refractivity (Wildman–Crippen MR) is 51.7 cm³/mol. The van der Waals surface area contributed by atoms with Gasteiger partial charge < -0.3 is 9.84 Å². The lowest BCUT2D eigenvalue weighted by Gasteiger charge is -2.04. The zero-order valence-electron chi connectivity index (χ0n) is 8.20. The molecule has 3 heteroatoms. The van der Waals surface area contributed by atoms with E-state index >= 15 is 0 Å². The van der Waals surface area contributed by atoms with Crippen LogP contribution in [0.25, 0.3) is 0 Å². The Balaban J connectivity index is 2.40. The highest BCUT2D eigenvalue weighted by Crippen LogP contribution is 2.32.